The molecule has 1 aliphatic heterocycles. The second-order valence-corrected chi connectivity index (χ2v) is 7.58. The molecular weight excluding hydrogens is 324 g/mol. The Hall–Kier alpha value is -2.10. The van der Waals surface area contributed by atoms with E-state index in [4.69, 9.17) is 6.42 Å². The maximum atomic E-state index is 12.7. The van der Waals surface area contributed by atoms with Crippen molar-refractivity contribution in [2.45, 2.75) is 30.6 Å². The van der Waals surface area contributed by atoms with Crippen LogP contribution < -0.4 is 5.32 Å². The van der Waals surface area contributed by atoms with Crippen LogP contribution in [0.3, 0.4) is 0 Å². The van der Waals surface area contributed by atoms with Crippen molar-refractivity contribution in [1.82, 2.24) is 9.62 Å². The summed E-state index contributed by atoms with van der Waals surface area (Å²) in [6.07, 6.45) is 12.0. The maximum absolute atomic E-state index is 12.7. The van der Waals surface area contributed by atoms with E-state index in [1.54, 1.807) is 34.6 Å². The molecule has 24 heavy (non-hydrogen) atoms. The molecule has 128 valence electrons. The first-order chi connectivity index (χ1) is 11.5. The van der Waals surface area contributed by atoms with Crippen molar-refractivity contribution in [2.75, 3.05) is 19.6 Å². The number of hydrogen-bond acceptors (Lipinski definition) is 3. The number of benzene rings is 1. The molecule has 1 saturated heterocycles. The van der Waals surface area contributed by atoms with Gasteiger partial charge in [0.1, 0.15) is 0 Å². The number of sulfonamides is 1. The molecule has 1 aromatic rings. The van der Waals surface area contributed by atoms with Gasteiger partial charge in [0.15, 0.2) is 0 Å². The quantitative estimate of drug-likeness (QED) is 0.655. The van der Waals surface area contributed by atoms with Crippen LogP contribution in [0.2, 0.25) is 0 Å². The van der Waals surface area contributed by atoms with Gasteiger partial charge in [0.2, 0.25) is 15.9 Å². The Morgan fingerprint density at radius 3 is 2.38 bits per heavy atom. The standard InChI is InChI=1S/C18H22N2O3S/c1-2-13-19-18(21)12-9-16-7-10-17(11-8-16)24(22,23)20-14-5-3-4-6-15-20/h1,7-12H,3-6,13-15H2,(H,19,21)/b12-9+. The van der Waals surface area contributed by atoms with Crippen molar-refractivity contribution in [3.63, 3.8) is 0 Å². The van der Waals surface area contributed by atoms with Gasteiger partial charge in [-0.1, -0.05) is 30.9 Å². The molecule has 0 saturated carbocycles. The molecule has 1 fully saturated rings. The summed E-state index contributed by atoms with van der Waals surface area (Å²) in [6.45, 7) is 1.34. The summed E-state index contributed by atoms with van der Waals surface area (Å²) in [5, 5.41) is 2.52. The molecule has 0 bridgehead atoms. The van der Waals surface area contributed by atoms with Crippen LogP contribution in [-0.2, 0) is 14.8 Å². The molecule has 6 heteroatoms. The fourth-order valence-corrected chi connectivity index (χ4v) is 4.07. The SMILES string of the molecule is C#CCNC(=O)/C=C/c1ccc(S(=O)(=O)N2CCCCCC2)cc1. The van der Waals surface area contributed by atoms with Crippen LogP contribution in [-0.4, -0.2) is 38.3 Å². The number of nitrogens with zero attached hydrogens (tertiary/aromatic N) is 1. The number of rotatable bonds is 5. The molecule has 5 nitrogen and oxygen atoms in total. The Balaban J connectivity index is 2.06. The van der Waals surface area contributed by atoms with E-state index in [1.165, 1.54) is 6.08 Å². The molecule has 1 heterocycles. The fourth-order valence-electron chi connectivity index (χ4n) is 2.55. The lowest BCUT2D eigenvalue weighted by atomic mass is 10.2. The fraction of sp³-hybridized carbons (Fsp3) is 0.389. The average molecular weight is 346 g/mol. The van der Waals surface area contributed by atoms with Gasteiger partial charge in [-0.25, -0.2) is 8.42 Å². The van der Waals surface area contributed by atoms with Crippen molar-refractivity contribution in [3.8, 4) is 12.3 Å². The largest absolute Gasteiger partial charge is 0.342 e. The highest BCUT2D eigenvalue weighted by atomic mass is 32.2. The molecule has 2 rings (SSSR count). The third-order valence-electron chi connectivity index (χ3n) is 3.87. The molecule has 1 aliphatic rings. The number of terminal acetylenes is 1. The highest BCUT2D eigenvalue weighted by Gasteiger charge is 2.24. The molecular formula is C18H22N2O3S. The third kappa shape index (κ3) is 4.95. The average Bonchev–Trinajstić information content (AvgIpc) is 2.88. The second-order valence-electron chi connectivity index (χ2n) is 5.64. The van der Waals surface area contributed by atoms with Gasteiger partial charge >= 0.3 is 0 Å². The first kappa shape index (κ1) is 18.2. The first-order valence-electron chi connectivity index (χ1n) is 8.03. The van der Waals surface area contributed by atoms with Crippen LogP contribution >= 0.6 is 0 Å². The lowest BCUT2D eigenvalue weighted by molar-refractivity contribution is -0.116. The summed E-state index contributed by atoms with van der Waals surface area (Å²) in [5.74, 6) is 2.04. The summed E-state index contributed by atoms with van der Waals surface area (Å²) < 4.78 is 26.9. The van der Waals surface area contributed by atoms with Gasteiger partial charge in [-0.2, -0.15) is 4.31 Å². The van der Waals surface area contributed by atoms with Crippen LogP contribution in [0.1, 0.15) is 31.2 Å². The van der Waals surface area contributed by atoms with Gasteiger partial charge in [0.25, 0.3) is 0 Å². The molecule has 0 aliphatic carbocycles. The van der Waals surface area contributed by atoms with E-state index in [9.17, 15) is 13.2 Å². The van der Waals surface area contributed by atoms with Crippen LogP contribution in [0.5, 0.6) is 0 Å². The van der Waals surface area contributed by atoms with Gasteiger partial charge in [-0.3, -0.25) is 4.79 Å². The molecule has 0 radical (unpaired) electrons. The molecule has 1 aromatic carbocycles. The summed E-state index contributed by atoms with van der Waals surface area (Å²) >= 11 is 0. The second kappa shape index (κ2) is 8.67. The molecule has 0 spiro atoms. The molecule has 1 N–H and O–H groups in total. The van der Waals surface area contributed by atoms with E-state index in [1.807, 2.05) is 0 Å². The Kier molecular flexibility index (Phi) is 6.59. The summed E-state index contributed by atoms with van der Waals surface area (Å²) in [7, 11) is -3.44. The lowest BCUT2D eigenvalue weighted by Crippen LogP contribution is -2.31. The zero-order valence-corrected chi connectivity index (χ0v) is 14.4. The molecule has 0 atom stereocenters. The monoisotopic (exact) mass is 346 g/mol. The van der Waals surface area contributed by atoms with E-state index in [0.29, 0.717) is 18.0 Å². The lowest BCUT2D eigenvalue weighted by Gasteiger charge is -2.19. The van der Waals surface area contributed by atoms with Crippen LogP contribution in [0.15, 0.2) is 35.2 Å². The van der Waals surface area contributed by atoms with Crippen molar-refractivity contribution in [1.29, 1.82) is 0 Å². The smallest absolute Gasteiger partial charge is 0.244 e. The van der Waals surface area contributed by atoms with Crippen molar-refractivity contribution in [2.24, 2.45) is 0 Å². The molecule has 0 unspecified atom stereocenters. The molecule has 0 aromatic heterocycles. The first-order valence-corrected chi connectivity index (χ1v) is 9.47. The number of carbonyl (C=O) groups is 1. The topological polar surface area (TPSA) is 66.5 Å². The number of nitrogens with one attached hydrogen (secondary N) is 1. The van der Waals surface area contributed by atoms with E-state index >= 15 is 0 Å². The van der Waals surface area contributed by atoms with Gasteiger partial charge in [0.05, 0.1) is 11.4 Å². The maximum Gasteiger partial charge on any atom is 0.244 e. The predicted molar refractivity (Wildman–Crippen MR) is 94.5 cm³/mol. The highest BCUT2D eigenvalue weighted by Crippen LogP contribution is 2.20. The predicted octanol–water partition coefficient (Wildman–Crippen LogP) is 2.01. The number of amides is 1. The Labute approximate surface area is 143 Å². The van der Waals surface area contributed by atoms with Gasteiger partial charge in [0, 0.05) is 19.2 Å². The normalized spacial score (nSPS) is 16.5. The van der Waals surface area contributed by atoms with Crippen molar-refractivity contribution in [3.05, 3.63) is 35.9 Å². The minimum Gasteiger partial charge on any atom is -0.342 e. The third-order valence-corrected chi connectivity index (χ3v) is 5.79. The van der Waals surface area contributed by atoms with Gasteiger partial charge in [-0.15, -0.1) is 6.42 Å². The summed E-state index contributed by atoms with van der Waals surface area (Å²) in [4.78, 5) is 11.7. The number of hydrogen-bond donors (Lipinski definition) is 1. The zero-order chi connectivity index (χ0) is 17.4. The summed E-state index contributed by atoms with van der Waals surface area (Å²) in [6, 6.07) is 6.55. The van der Waals surface area contributed by atoms with Crippen LogP contribution in [0.25, 0.3) is 6.08 Å². The zero-order valence-electron chi connectivity index (χ0n) is 13.6. The number of carbonyl (C=O) groups excluding carboxylic acids is 1. The minimum absolute atomic E-state index is 0.177. The highest BCUT2D eigenvalue weighted by molar-refractivity contribution is 7.89. The summed E-state index contributed by atoms with van der Waals surface area (Å²) in [5.41, 5.74) is 0.751. The van der Waals surface area contributed by atoms with Crippen molar-refractivity contribution < 1.29 is 13.2 Å². The van der Waals surface area contributed by atoms with E-state index in [2.05, 4.69) is 11.2 Å². The van der Waals surface area contributed by atoms with E-state index in [0.717, 1.165) is 31.2 Å². The van der Waals surface area contributed by atoms with Crippen LogP contribution in [0.4, 0.5) is 0 Å². The molecule has 1 amide bonds. The van der Waals surface area contributed by atoms with Crippen molar-refractivity contribution >= 4 is 22.0 Å². The van der Waals surface area contributed by atoms with Gasteiger partial charge in [-0.05, 0) is 36.6 Å². The Morgan fingerprint density at radius 2 is 1.79 bits per heavy atom. The minimum atomic E-state index is -3.44. The van der Waals surface area contributed by atoms with E-state index < -0.39 is 10.0 Å². The Morgan fingerprint density at radius 1 is 1.17 bits per heavy atom. The van der Waals surface area contributed by atoms with Gasteiger partial charge < -0.3 is 5.32 Å². The van der Waals surface area contributed by atoms with E-state index in [-0.39, 0.29) is 12.5 Å². The Bertz CT molecular complexity index is 723. The van der Waals surface area contributed by atoms with Crippen LogP contribution in [0, 0.1) is 12.3 Å².